The van der Waals surface area contributed by atoms with Crippen molar-refractivity contribution < 1.29 is 9.59 Å². The van der Waals surface area contributed by atoms with Crippen molar-refractivity contribution in [2.45, 2.75) is 32.2 Å². The second-order valence-corrected chi connectivity index (χ2v) is 6.45. The van der Waals surface area contributed by atoms with Crippen LogP contribution in [0.4, 0.5) is 0 Å². The van der Waals surface area contributed by atoms with Gasteiger partial charge in [-0.2, -0.15) is 11.8 Å². The van der Waals surface area contributed by atoms with Gasteiger partial charge in [-0.25, -0.2) is 0 Å². The van der Waals surface area contributed by atoms with Crippen LogP contribution in [0.5, 0.6) is 0 Å². The number of hydrogen-bond donors (Lipinski definition) is 3. The lowest BCUT2D eigenvalue weighted by molar-refractivity contribution is -0.123. The molecule has 6 heteroatoms. The minimum absolute atomic E-state index is 0.128. The van der Waals surface area contributed by atoms with E-state index in [1.54, 1.807) is 17.8 Å². The molecule has 1 atom stereocenters. The van der Waals surface area contributed by atoms with Gasteiger partial charge < -0.3 is 16.4 Å². The maximum atomic E-state index is 12.3. The van der Waals surface area contributed by atoms with Gasteiger partial charge in [0, 0.05) is 12.1 Å². The van der Waals surface area contributed by atoms with Gasteiger partial charge in [0.25, 0.3) is 5.91 Å². The van der Waals surface area contributed by atoms with Crippen molar-refractivity contribution >= 4 is 23.6 Å². The first-order chi connectivity index (χ1) is 11.1. The first kappa shape index (κ1) is 19.5. The first-order valence-corrected chi connectivity index (χ1v) is 9.32. The van der Waals surface area contributed by atoms with E-state index in [9.17, 15) is 9.59 Å². The summed E-state index contributed by atoms with van der Waals surface area (Å²) in [6, 6.07) is 6.85. The number of hydrogen-bond acceptors (Lipinski definition) is 4. The molecular formula is C17H27N3O2S. The normalized spacial score (nSPS) is 11.8. The fourth-order valence-corrected chi connectivity index (χ4v) is 2.61. The van der Waals surface area contributed by atoms with E-state index >= 15 is 0 Å². The molecule has 0 aromatic heterocycles. The van der Waals surface area contributed by atoms with Crippen LogP contribution in [0.15, 0.2) is 24.3 Å². The topological polar surface area (TPSA) is 84.2 Å². The lowest BCUT2D eigenvalue weighted by Gasteiger charge is -2.18. The number of amides is 2. The van der Waals surface area contributed by atoms with Gasteiger partial charge in [0.1, 0.15) is 6.04 Å². The molecule has 0 heterocycles. The van der Waals surface area contributed by atoms with Crippen LogP contribution < -0.4 is 16.4 Å². The van der Waals surface area contributed by atoms with Gasteiger partial charge in [0.05, 0.1) is 0 Å². The van der Waals surface area contributed by atoms with Crippen LogP contribution >= 0.6 is 11.8 Å². The first-order valence-electron chi connectivity index (χ1n) is 7.92. The van der Waals surface area contributed by atoms with Crippen LogP contribution in [-0.4, -0.2) is 43.0 Å². The van der Waals surface area contributed by atoms with Gasteiger partial charge in [-0.3, -0.25) is 9.59 Å². The van der Waals surface area contributed by atoms with Gasteiger partial charge in [-0.05, 0) is 56.9 Å². The molecule has 5 nitrogen and oxygen atoms in total. The van der Waals surface area contributed by atoms with Crippen LogP contribution in [0.3, 0.4) is 0 Å². The number of carbonyl (C=O) groups excluding carboxylic acids is 2. The van der Waals surface area contributed by atoms with Crippen molar-refractivity contribution in [1.82, 2.24) is 10.6 Å². The van der Waals surface area contributed by atoms with Crippen LogP contribution in [0.1, 0.15) is 35.2 Å². The molecule has 0 spiro atoms. The van der Waals surface area contributed by atoms with E-state index in [0.29, 0.717) is 25.1 Å². The Bertz CT molecular complexity index is 508. The number of aryl methyl sites for hydroxylation is 1. The van der Waals surface area contributed by atoms with Crippen LogP contribution in [-0.2, 0) is 4.79 Å². The molecular weight excluding hydrogens is 310 g/mol. The monoisotopic (exact) mass is 337 g/mol. The molecule has 0 saturated carbocycles. The van der Waals surface area contributed by atoms with Gasteiger partial charge in [0.2, 0.25) is 5.91 Å². The molecule has 2 amide bonds. The predicted octanol–water partition coefficient (Wildman–Crippen LogP) is 1.70. The number of thioether (sulfide) groups is 1. The lowest BCUT2D eigenvalue weighted by atomic mass is 10.1. The van der Waals surface area contributed by atoms with Crippen molar-refractivity contribution in [3.8, 4) is 0 Å². The van der Waals surface area contributed by atoms with Gasteiger partial charge in [-0.15, -0.1) is 0 Å². The molecule has 1 aromatic carbocycles. The smallest absolute Gasteiger partial charge is 0.251 e. The number of nitrogens with two attached hydrogens (primary N) is 1. The van der Waals surface area contributed by atoms with E-state index in [2.05, 4.69) is 10.6 Å². The molecule has 0 saturated heterocycles. The minimum atomic E-state index is -0.506. The maximum absolute atomic E-state index is 12.3. The van der Waals surface area contributed by atoms with Gasteiger partial charge in [-0.1, -0.05) is 17.7 Å². The van der Waals surface area contributed by atoms with E-state index in [-0.39, 0.29) is 11.8 Å². The summed E-state index contributed by atoms with van der Waals surface area (Å²) in [6.07, 6.45) is 4.33. The predicted molar refractivity (Wildman–Crippen MR) is 96.7 cm³/mol. The highest BCUT2D eigenvalue weighted by Gasteiger charge is 2.20. The number of carbonyl (C=O) groups is 2. The Kier molecular flexibility index (Phi) is 9.40. The van der Waals surface area contributed by atoms with Crippen molar-refractivity contribution in [2.24, 2.45) is 5.73 Å². The highest BCUT2D eigenvalue weighted by Crippen LogP contribution is 2.06. The Morgan fingerprint density at radius 1 is 1.30 bits per heavy atom. The van der Waals surface area contributed by atoms with Gasteiger partial charge in [0.15, 0.2) is 0 Å². The molecule has 23 heavy (non-hydrogen) atoms. The summed E-state index contributed by atoms with van der Waals surface area (Å²) in [5, 5.41) is 5.72. The van der Waals surface area contributed by atoms with E-state index in [1.165, 1.54) is 0 Å². The molecule has 4 N–H and O–H groups in total. The Morgan fingerprint density at radius 2 is 2.09 bits per heavy atom. The largest absolute Gasteiger partial charge is 0.354 e. The Labute approximate surface area is 142 Å². The van der Waals surface area contributed by atoms with E-state index < -0.39 is 6.04 Å². The second kappa shape index (κ2) is 11.1. The van der Waals surface area contributed by atoms with Crippen LogP contribution in [0, 0.1) is 6.92 Å². The Balaban J connectivity index is 2.62. The zero-order valence-electron chi connectivity index (χ0n) is 13.9. The van der Waals surface area contributed by atoms with E-state index in [1.807, 2.05) is 31.4 Å². The molecule has 0 radical (unpaired) electrons. The molecule has 0 aliphatic rings. The number of unbranched alkanes of at least 4 members (excludes halogenated alkanes) is 1. The van der Waals surface area contributed by atoms with Gasteiger partial charge >= 0.3 is 0 Å². The molecule has 0 fully saturated rings. The molecule has 1 unspecified atom stereocenters. The molecule has 0 aliphatic carbocycles. The third-order valence-corrected chi connectivity index (χ3v) is 4.09. The average Bonchev–Trinajstić information content (AvgIpc) is 2.55. The van der Waals surface area contributed by atoms with Crippen molar-refractivity contribution in [3.05, 3.63) is 35.4 Å². The summed E-state index contributed by atoms with van der Waals surface area (Å²) >= 11 is 1.66. The molecule has 0 aliphatic heterocycles. The lowest BCUT2D eigenvalue weighted by Crippen LogP contribution is -2.47. The third kappa shape index (κ3) is 7.52. The summed E-state index contributed by atoms with van der Waals surface area (Å²) in [5.74, 6) is 0.476. The number of rotatable bonds is 10. The van der Waals surface area contributed by atoms with Crippen LogP contribution in [0.2, 0.25) is 0 Å². The third-order valence-electron chi connectivity index (χ3n) is 3.44. The summed E-state index contributed by atoms with van der Waals surface area (Å²) in [7, 11) is 0. The second-order valence-electron chi connectivity index (χ2n) is 5.46. The summed E-state index contributed by atoms with van der Waals surface area (Å²) in [4.78, 5) is 24.6. The Morgan fingerprint density at radius 3 is 2.74 bits per heavy atom. The van der Waals surface area contributed by atoms with Crippen molar-refractivity contribution in [1.29, 1.82) is 0 Å². The number of benzene rings is 1. The van der Waals surface area contributed by atoms with E-state index in [4.69, 9.17) is 5.73 Å². The fraction of sp³-hybridized carbons (Fsp3) is 0.529. The van der Waals surface area contributed by atoms with Crippen LogP contribution in [0.25, 0.3) is 0 Å². The zero-order chi connectivity index (χ0) is 17.1. The zero-order valence-corrected chi connectivity index (χ0v) is 14.7. The summed E-state index contributed by atoms with van der Waals surface area (Å²) < 4.78 is 0. The minimum Gasteiger partial charge on any atom is -0.354 e. The average molecular weight is 337 g/mol. The highest BCUT2D eigenvalue weighted by molar-refractivity contribution is 7.98. The van der Waals surface area contributed by atoms with E-state index in [0.717, 1.165) is 24.2 Å². The molecule has 128 valence electrons. The SMILES string of the molecule is CSCCC(NC(=O)c1cccc(C)c1)C(=O)NCCCCN. The number of nitrogens with one attached hydrogen (secondary N) is 2. The molecule has 0 bridgehead atoms. The van der Waals surface area contributed by atoms with Crippen molar-refractivity contribution in [3.63, 3.8) is 0 Å². The quantitative estimate of drug-likeness (QED) is 0.567. The van der Waals surface area contributed by atoms with Crippen molar-refractivity contribution in [2.75, 3.05) is 25.1 Å². The molecule has 1 rings (SSSR count). The standard InChI is InChI=1S/C17H27N3O2S/c1-13-6-5-7-14(12-13)16(21)20-15(8-11-23-2)17(22)19-10-4-3-9-18/h5-7,12,15H,3-4,8-11,18H2,1-2H3,(H,19,22)(H,20,21). The summed E-state index contributed by atoms with van der Waals surface area (Å²) in [6.45, 7) is 3.15. The fourth-order valence-electron chi connectivity index (χ4n) is 2.14. The Hall–Kier alpha value is -1.53. The maximum Gasteiger partial charge on any atom is 0.251 e. The summed E-state index contributed by atoms with van der Waals surface area (Å²) in [5.41, 5.74) is 7.04. The molecule has 1 aromatic rings. The highest BCUT2D eigenvalue weighted by atomic mass is 32.2.